The van der Waals surface area contributed by atoms with Crippen LogP contribution < -0.4 is 27.0 Å². The van der Waals surface area contributed by atoms with Crippen LogP contribution in [0, 0.1) is 0 Å². The first-order chi connectivity index (χ1) is 22.6. The Morgan fingerprint density at radius 3 is 2.00 bits per heavy atom. The fraction of sp³-hybridized carbons (Fsp3) is 0.212. The zero-order chi connectivity index (χ0) is 33.1. The third-order valence-corrected chi connectivity index (χ3v) is 7.99. The van der Waals surface area contributed by atoms with Gasteiger partial charge in [0.2, 0.25) is 11.9 Å². The molecule has 3 heterocycles. The van der Waals surface area contributed by atoms with Gasteiger partial charge in [-0.2, -0.15) is 15.1 Å². The van der Waals surface area contributed by atoms with Crippen LogP contribution in [0.2, 0.25) is 0 Å². The van der Waals surface area contributed by atoms with Gasteiger partial charge in [0.05, 0.1) is 11.6 Å². The van der Waals surface area contributed by atoms with Crippen LogP contribution in [-0.2, 0) is 7.05 Å². The van der Waals surface area contributed by atoms with Crippen LogP contribution in [0.1, 0.15) is 27.1 Å². The van der Waals surface area contributed by atoms with Crippen molar-refractivity contribution >= 4 is 63.4 Å². The number of aromatic nitrogens is 4. The summed E-state index contributed by atoms with van der Waals surface area (Å²) in [5.74, 6) is 0.351. The predicted molar refractivity (Wildman–Crippen MR) is 181 cm³/mol. The smallest absolute Gasteiger partial charge is 0.323 e. The van der Waals surface area contributed by atoms with Gasteiger partial charge >= 0.3 is 6.03 Å². The van der Waals surface area contributed by atoms with Crippen LogP contribution >= 0.6 is 0 Å². The molecule has 1 unspecified atom stereocenters. The number of fused-ring (bicyclic) bond motifs is 1. The summed E-state index contributed by atoms with van der Waals surface area (Å²) in [6, 6.07) is 20.7. The Hall–Kier alpha value is -6.02. The van der Waals surface area contributed by atoms with Crippen LogP contribution in [0.25, 0.3) is 11.0 Å². The molecule has 14 nitrogen and oxygen atoms in total. The second-order valence-electron chi connectivity index (χ2n) is 11.5. The molecule has 1 saturated heterocycles. The molecule has 3 aromatic carbocycles. The van der Waals surface area contributed by atoms with E-state index in [9.17, 15) is 14.4 Å². The highest BCUT2D eigenvalue weighted by Crippen LogP contribution is 2.27. The van der Waals surface area contributed by atoms with Crippen LogP contribution in [-0.4, -0.2) is 80.6 Å². The Kier molecular flexibility index (Phi) is 8.67. The zero-order valence-corrected chi connectivity index (χ0v) is 26.2. The van der Waals surface area contributed by atoms with E-state index in [0.29, 0.717) is 69.3 Å². The number of likely N-dealkylation sites (N-methyl/N-ethyl adjacent to an activating group) is 1. The minimum atomic E-state index is -0.503. The van der Waals surface area contributed by atoms with Gasteiger partial charge in [-0.05, 0) is 93.3 Å². The molecule has 0 spiro atoms. The van der Waals surface area contributed by atoms with Crippen molar-refractivity contribution in [3.8, 4) is 0 Å². The maximum atomic E-state index is 12.9. The fourth-order valence-electron chi connectivity index (χ4n) is 5.31. The molecule has 0 radical (unpaired) electrons. The van der Waals surface area contributed by atoms with Gasteiger partial charge in [0, 0.05) is 60.1 Å². The average Bonchev–Trinajstić information content (AvgIpc) is 3.70. The number of likely N-dealkylation sites (tertiary alicyclic amines) is 1. The standard InChI is InChI=1S/C33H35N11O3/c1-42(2)26-16-17-44(19-26)31(46)21-6-10-24(11-7-21)38-33(47)39-25-14-12-23(13-15-25)37-32-40-29(27-18-35-43(3)30(27)41-32)36-22-8-4-20(5-9-22)28(34)45/h4-15,18,26H,16-17,19H2,1-3H3,(H2,34,45)(H2,38,39,47)(H2,36,37,40,41). The van der Waals surface area contributed by atoms with Crippen LogP contribution in [0.3, 0.4) is 0 Å². The maximum Gasteiger partial charge on any atom is 0.323 e. The number of aryl methyl sites for hydroxylation is 1. The number of anilines is 6. The van der Waals surface area contributed by atoms with E-state index in [4.69, 9.17) is 5.73 Å². The highest BCUT2D eigenvalue weighted by Gasteiger charge is 2.28. The third-order valence-electron chi connectivity index (χ3n) is 7.99. The largest absolute Gasteiger partial charge is 0.366 e. The van der Waals surface area contributed by atoms with E-state index < -0.39 is 11.9 Å². The molecule has 6 rings (SSSR count). The molecule has 240 valence electrons. The van der Waals surface area contributed by atoms with Gasteiger partial charge in [0.1, 0.15) is 5.82 Å². The number of benzene rings is 3. The first-order valence-electron chi connectivity index (χ1n) is 15.0. The van der Waals surface area contributed by atoms with E-state index in [2.05, 4.69) is 41.2 Å². The summed E-state index contributed by atoms with van der Waals surface area (Å²) in [6.45, 7) is 1.45. The van der Waals surface area contributed by atoms with Gasteiger partial charge < -0.3 is 36.8 Å². The highest BCUT2D eigenvalue weighted by molar-refractivity contribution is 6.01. The first-order valence-corrected chi connectivity index (χ1v) is 15.0. The predicted octanol–water partition coefficient (Wildman–Crippen LogP) is 4.37. The van der Waals surface area contributed by atoms with Gasteiger partial charge in [-0.1, -0.05) is 0 Å². The summed E-state index contributed by atoms with van der Waals surface area (Å²) < 4.78 is 1.65. The Morgan fingerprint density at radius 2 is 1.38 bits per heavy atom. The summed E-state index contributed by atoms with van der Waals surface area (Å²) in [5, 5.41) is 17.1. The lowest BCUT2D eigenvalue weighted by Gasteiger charge is -2.20. The summed E-state index contributed by atoms with van der Waals surface area (Å²) in [6.07, 6.45) is 2.63. The quantitative estimate of drug-likeness (QED) is 0.158. The Balaban J connectivity index is 1.07. The van der Waals surface area contributed by atoms with E-state index in [1.54, 1.807) is 90.7 Å². The molecule has 47 heavy (non-hydrogen) atoms. The van der Waals surface area contributed by atoms with Crippen LogP contribution in [0.15, 0.2) is 79.0 Å². The van der Waals surface area contributed by atoms with Crippen molar-refractivity contribution < 1.29 is 14.4 Å². The Bertz CT molecular complexity index is 1920. The molecule has 2 aromatic heterocycles. The van der Waals surface area contributed by atoms with Crippen molar-refractivity contribution in [2.45, 2.75) is 12.5 Å². The average molecular weight is 634 g/mol. The lowest BCUT2D eigenvalue weighted by Crippen LogP contribution is -2.34. The third kappa shape index (κ3) is 7.12. The van der Waals surface area contributed by atoms with Crippen molar-refractivity contribution in [2.75, 3.05) is 48.5 Å². The monoisotopic (exact) mass is 633 g/mol. The van der Waals surface area contributed by atoms with Gasteiger partial charge in [0.25, 0.3) is 5.91 Å². The Morgan fingerprint density at radius 1 is 0.809 bits per heavy atom. The molecule has 0 saturated carbocycles. The number of hydrogen-bond donors (Lipinski definition) is 5. The minimum Gasteiger partial charge on any atom is -0.366 e. The highest BCUT2D eigenvalue weighted by atomic mass is 16.2. The van der Waals surface area contributed by atoms with Crippen molar-refractivity contribution in [1.29, 1.82) is 0 Å². The molecule has 5 aromatic rings. The van der Waals surface area contributed by atoms with Gasteiger partial charge in [-0.25, -0.2) is 4.79 Å². The van der Waals surface area contributed by atoms with Crippen molar-refractivity contribution in [2.24, 2.45) is 12.8 Å². The number of rotatable bonds is 9. The second-order valence-corrected chi connectivity index (χ2v) is 11.5. The summed E-state index contributed by atoms with van der Waals surface area (Å²) in [5.41, 5.74) is 9.52. The second kappa shape index (κ2) is 13.1. The molecule has 0 aliphatic carbocycles. The number of nitrogens with two attached hydrogens (primary N) is 1. The lowest BCUT2D eigenvalue weighted by atomic mass is 10.2. The van der Waals surface area contributed by atoms with Crippen LogP contribution in [0.4, 0.5) is 39.3 Å². The molecular weight excluding hydrogens is 598 g/mol. The molecule has 1 aliphatic heterocycles. The van der Waals surface area contributed by atoms with Gasteiger partial charge in [-0.3, -0.25) is 14.3 Å². The first kappa shape index (κ1) is 31.0. The number of nitrogens with one attached hydrogen (secondary N) is 4. The summed E-state index contributed by atoms with van der Waals surface area (Å²) in [4.78, 5) is 50.3. The summed E-state index contributed by atoms with van der Waals surface area (Å²) >= 11 is 0. The number of amides is 4. The molecule has 14 heteroatoms. The minimum absolute atomic E-state index is 0.00598. The van der Waals surface area contributed by atoms with E-state index in [-0.39, 0.29) is 5.91 Å². The Labute approximate surface area is 271 Å². The van der Waals surface area contributed by atoms with Crippen molar-refractivity contribution in [3.05, 3.63) is 90.1 Å². The number of nitrogens with zero attached hydrogens (tertiary/aromatic N) is 6. The molecule has 0 bridgehead atoms. The molecule has 1 fully saturated rings. The zero-order valence-electron chi connectivity index (χ0n) is 26.2. The van der Waals surface area contributed by atoms with Crippen molar-refractivity contribution in [1.82, 2.24) is 29.5 Å². The number of hydrogen-bond acceptors (Lipinski definition) is 9. The maximum absolute atomic E-state index is 12.9. The number of carbonyl (C=O) groups excluding carboxylic acids is 3. The molecule has 6 N–H and O–H groups in total. The molecular formula is C33H35N11O3. The summed E-state index contributed by atoms with van der Waals surface area (Å²) in [7, 11) is 5.85. The number of carbonyl (C=O) groups is 3. The van der Waals surface area contributed by atoms with Gasteiger partial charge in [0.15, 0.2) is 5.65 Å². The molecule has 1 aliphatic rings. The van der Waals surface area contributed by atoms with Gasteiger partial charge in [-0.15, -0.1) is 0 Å². The number of primary amides is 1. The SMILES string of the molecule is CN(C)C1CCN(C(=O)c2ccc(NC(=O)Nc3ccc(Nc4nc(Nc5ccc(C(N)=O)cc5)c5cnn(C)c5n4)cc3)cc2)C1. The van der Waals surface area contributed by atoms with Crippen LogP contribution in [0.5, 0.6) is 0 Å². The van der Waals surface area contributed by atoms with E-state index in [1.165, 1.54) is 0 Å². The lowest BCUT2D eigenvalue weighted by molar-refractivity contribution is 0.0783. The number of urea groups is 1. The molecule has 1 atom stereocenters. The normalized spacial score (nSPS) is 14.3. The van der Waals surface area contributed by atoms with E-state index >= 15 is 0 Å². The van der Waals surface area contributed by atoms with E-state index in [0.717, 1.165) is 13.0 Å². The van der Waals surface area contributed by atoms with E-state index in [1.807, 2.05) is 19.0 Å². The fourth-order valence-corrected chi connectivity index (χ4v) is 5.31. The molecule has 4 amide bonds. The topological polar surface area (TPSA) is 175 Å². The van der Waals surface area contributed by atoms with Crippen molar-refractivity contribution in [3.63, 3.8) is 0 Å².